The molecule has 0 saturated carbocycles. The Morgan fingerprint density at radius 3 is 2.57 bits per heavy atom. The van der Waals surface area contributed by atoms with Crippen LogP contribution in [-0.2, 0) is 27.2 Å². The van der Waals surface area contributed by atoms with E-state index < -0.39 is 5.97 Å². The molecule has 3 rings (SSSR count). The molecule has 1 aromatic carbocycles. The van der Waals surface area contributed by atoms with Gasteiger partial charge >= 0.3 is 5.97 Å². The van der Waals surface area contributed by atoms with Crippen molar-refractivity contribution < 1.29 is 19.1 Å². The lowest BCUT2D eigenvalue weighted by Crippen LogP contribution is -2.17. The first-order valence-electron chi connectivity index (χ1n) is 10.1. The average molecular weight is 425 g/mol. The highest BCUT2D eigenvalue weighted by Gasteiger charge is 2.21. The number of benzene rings is 1. The number of aryl methyl sites for hydroxylation is 2. The number of Topliss-reactive ketones (excluding diaryl/α,β-unsaturated/α-hetero) is 1. The second-order valence-electron chi connectivity index (χ2n) is 7.38. The van der Waals surface area contributed by atoms with E-state index in [2.05, 4.69) is 11.4 Å². The van der Waals surface area contributed by atoms with Crippen LogP contribution in [0.25, 0.3) is 0 Å². The minimum absolute atomic E-state index is 0.0645. The van der Waals surface area contributed by atoms with Crippen molar-refractivity contribution in [2.75, 3.05) is 11.9 Å². The number of nitriles is 1. The molecule has 0 atom stereocenters. The van der Waals surface area contributed by atoms with Crippen LogP contribution in [0.3, 0.4) is 0 Å². The fraction of sp³-hybridized carbons (Fsp3) is 0.391. The molecule has 0 fully saturated rings. The van der Waals surface area contributed by atoms with Gasteiger partial charge in [-0.15, -0.1) is 11.3 Å². The third kappa shape index (κ3) is 5.55. The van der Waals surface area contributed by atoms with Crippen molar-refractivity contribution in [3.8, 4) is 6.07 Å². The van der Waals surface area contributed by atoms with Gasteiger partial charge in [0.05, 0.1) is 12.0 Å². The Bertz CT molecular complexity index is 986. The smallest absolute Gasteiger partial charge is 0.306 e. The molecule has 30 heavy (non-hydrogen) atoms. The fourth-order valence-corrected chi connectivity index (χ4v) is 4.65. The first-order chi connectivity index (χ1) is 14.5. The highest BCUT2D eigenvalue weighted by Crippen LogP contribution is 2.37. The van der Waals surface area contributed by atoms with Gasteiger partial charge in [0.25, 0.3) is 0 Å². The maximum atomic E-state index is 12.3. The van der Waals surface area contributed by atoms with Gasteiger partial charge < -0.3 is 10.1 Å². The Kier molecular flexibility index (Phi) is 7.36. The molecule has 0 unspecified atom stereocenters. The number of thiophene rings is 1. The summed E-state index contributed by atoms with van der Waals surface area (Å²) in [6.45, 7) is 1.57. The fourth-order valence-electron chi connectivity index (χ4n) is 3.39. The molecule has 7 heteroatoms. The van der Waals surface area contributed by atoms with Gasteiger partial charge in [0.15, 0.2) is 12.4 Å². The van der Waals surface area contributed by atoms with Gasteiger partial charge in [-0.1, -0.05) is 36.2 Å². The van der Waals surface area contributed by atoms with E-state index in [4.69, 9.17) is 4.74 Å². The van der Waals surface area contributed by atoms with Crippen molar-refractivity contribution in [1.82, 2.24) is 0 Å². The summed E-state index contributed by atoms with van der Waals surface area (Å²) >= 11 is 1.46. The molecule has 0 spiro atoms. The van der Waals surface area contributed by atoms with Crippen molar-refractivity contribution in [2.45, 2.75) is 51.9 Å². The molecule has 1 aliphatic carbocycles. The molecule has 0 bridgehead atoms. The lowest BCUT2D eigenvalue weighted by Gasteiger charge is -2.06. The van der Waals surface area contributed by atoms with Gasteiger partial charge in [0, 0.05) is 16.9 Å². The van der Waals surface area contributed by atoms with E-state index in [1.807, 2.05) is 19.1 Å². The van der Waals surface area contributed by atoms with Crippen molar-refractivity contribution in [2.24, 2.45) is 0 Å². The maximum absolute atomic E-state index is 12.3. The van der Waals surface area contributed by atoms with Crippen LogP contribution in [0, 0.1) is 18.3 Å². The van der Waals surface area contributed by atoms with Gasteiger partial charge in [-0.25, -0.2) is 0 Å². The molecule has 2 aromatic rings. The van der Waals surface area contributed by atoms with Crippen molar-refractivity contribution in [3.63, 3.8) is 0 Å². The number of anilines is 1. The quantitative estimate of drug-likeness (QED) is 0.405. The summed E-state index contributed by atoms with van der Waals surface area (Å²) in [6.07, 6.45) is 4.92. The van der Waals surface area contributed by atoms with E-state index in [0.717, 1.165) is 43.2 Å². The van der Waals surface area contributed by atoms with Crippen LogP contribution in [0.1, 0.15) is 64.0 Å². The maximum Gasteiger partial charge on any atom is 0.306 e. The van der Waals surface area contributed by atoms with Gasteiger partial charge in [-0.3, -0.25) is 14.4 Å². The summed E-state index contributed by atoms with van der Waals surface area (Å²) in [4.78, 5) is 37.4. The number of hydrogen-bond acceptors (Lipinski definition) is 6. The summed E-state index contributed by atoms with van der Waals surface area (Å²) < 4.78 is 5.00. The number of ether oxygens (including phenoxy) is 1. The molecule has 1 aliphatic rings. The second-order valence-corrected chi connectivity index (χ2v) is 8.48. The number of fused-ring (bicyclic) bond motifs is 1. The molecule has 0 radical (unpaired) electrons. The Morgan fingerprint density at radius 2 is 1.83 bits per heavy atom. The number of hydrogen-bond donors (Lipinski definition) is 1. The molecule has 0 aliphatic heterocycles. The number of rotatable bonds is 7. The second kappa shape index (κ2) is 10.2. The van der Waals surface area contributed by atoms with E-state index in [0.29, 0.717) is 16.1 Å². The van der Waals surface area contributed by atoms with E-state index in [9.17, 15) is 19.6 Å². The summed E-state index contributed by atoms with van der Waals surface area (Å²) in [5.41, 5.74) is 3.13. The van der Waals surface area contributed by atoms with E-state index in [1.165, 1.54) is 16.2 Å². The van der Waals surface area contributed by atoms with Crippen LogP contribution < -0.4 is 5.32 Å². The number of ketones is 1. The van der Waals surface area contributed by atoms with Crippen LogP contribution in [0.4, 0.5) is 5.00 Å². The zero-order chi connectivity index (χ0) is 21.5. The van der Waals surface area contributed by atoms with Crippen LogP contribution in [0.15, 0.2) is 24.3 Å². The third-order valence-electron chi connectivity index (χ3n) is 5.08. The number of amides is 1. The monoisotopic (exact) mass is 424 g/mol. The Hall–Kier alpha value is -2.98. The van der Waals surface area contributed by atoms with Gasteiger partial charge in [-0.05, 0) is 38.2 Å². The molecule has 0 saturated heterocycles. The predicted molar refractivity (Wildman–Crippen MR) is 115 cm³/mol. The zero-order valence-electron chi connectivity index (χ0n) is 17.0. The molecule has 6 nitrogen and oxygen atoms in total. The largest absolute Gasteiger partial charge is 0.457 e. The minimum atomic E-state index is -0.604. The standard InChI is InChI=1S/C23H24N2O4S/c1-15-7-9-16(10-8-15)19(26)14-29-22(28)12-11-21(27)25-23-18(13-24)17-5-3-2-4-6-20(17)30-23/h7-10H,2-6,11-12,14H2,1H3,(H,25,27). The molecule has 1 amide bonds. The Balaban J connectivity index is 1.48. The molecule has 156 valence electrons. The van der Waals surface area contributed by atoms with Crippen molar-refractivity contribution in [1.29, 1.82) is 5.26 Å². The third-order valence-corrected chi connectivity index (χ3v) is 6.29. The number of carbonyl (C=O) groups is 3. The van der Waals surface area contributed by atoms with Crippen LogP contribution in [0.2, 0.25) is 0 Å². The van der Waals surface area contributed by atoms with Gasteiger partial charge in [0.2, 0.25) is 5.91 Å². The molecular formula is C23H24N2O4S. The summed E-state index contributed by atoms with van der Waals surface area (Å²) in [7, 11) is 0. The van der Waals surface area contributed by atoms with Crippen molar-refractivity contribution in [3.05, 3.63) is 51.4 Å². The number of esters is 1. The van der Waals surface area contributed by atoms with Crippen LogP contribution >= 0.6 is 11.3 Å². The summed E-state index contributed by atoms with van der Waals surface area (Å²) in [5, 5.41) is 12.9. The lowest BCUT2D eigenvalue weighted by atomic mass is 10.1. The first-order valence-corrected chi connectivity index (χ1v) is 10.9. The van der Waals surface area contributed by atoms with E-state index in [-0.39, 0.29) is 31.1 Å². The van der Waals surface area contributed by atoms with Crippen molar-refractivity contribution >= 4 is 34.0 Å². The van der Waals surface area contributed by atoms with E-state index >= 15 is 0 Å². The highest BCUT2D eigenvalue weighted by atomic mass is 32.1. The average Bonchev–Trinajstić information content (AvgIpc) is 2.89. The molecule has 1 heterocycles. The highest BCUT2D eigenvalue weighted by molar-refractivity contribution is 7.16. The first kappa shape index (κ1) is 21.7. The van der Waals surface area contributed by atoms with Gasteiger partial charge in [0.1, 0.15) is 11.1 Å². The number of nitrogens with one attached hydrogen (secondary N) is 1. The summed E-state index contributed by atoms with van der Waals surface area (Å²) in [6, 6.07) is 9.23. The molecule has 1 N–H and O–H groups in total. The Morgan fingerprint density at radius 1 is 1.10 bits per heavy atom. The minimum Gasteiger partial charge on any atom is -0.457 e. The number of nitrogens with zero attached hydrogens (tertiary/aromatic N) is 1. The van der Waals surface area contributed by atoms with Crippen LogP contribution in [0.5, 0.6) is 0 Å². The topological polar surface area (TPSA) is 96.3 Å². The Labute approximate surface area is 179 Å². The molecule has 1 aromatic heterocycles. The number of carbonyl (C=O) groups excluding carboxylic acids is 3. The van der Waals surface area contributed by atoms with Gasteiger partial charge in [-0.2, -0.15) is 5.26 Å². The SMILES string of the molecule is Cc1ccc(C(=O)COC(=O)CCC(=O)Nc2sc3c(c2C#N)CCCCC3)cc1. The normalized spacial score (nSPS) is 12.9. The zero-order valence-corrected chi connectivity index (χ0v) is 17.8. The lowest BCUT2D eigenvalue weighted by molar-refractivity contribution is -0.143. The molecular weight excluding hydrogens is 400 g/mol. The predicted octanol–water partition coefficient (Wildman–Crippen LogP) is 4.34. The summed E-state index contributed by atoms with van der Waals surface area (Å²) in [5.74, 6) is -1.23. The van der Waals surface area contributed by atoms with E-state index in [1.54, 1.807) is 12.1 Å². The van der Waals surface area contributed by atoms with Crippen LogP contribution in [-0.4, -0.2) is 24.3 Å².